The Kier molecular flexibility index (Phi) is 3.78. The SMILES string of the molecule is Cc1nn(-c2ccccc2)c(N2CCCCC2C)c1C=O. The topological polar surface area (TPSA) is 38.1 Å². The maximum atomic E-state index is 11.6. The van der Waals surface area contributed by atoms with Crippen LogP contribution in [-0.4, -0.2) is 28.7 Å². The predicted octanol–water partition coefficient (Wildman–Crippen LogP) is 3.37. The zero-order chi connectivity index (χ0) is 14.8. The smallest absolute Gasteiger partial charge is 0.155 e. The monoisotopic (exact) mass is 283 g/mol. The highest BCUT2D eigenvalue weighted by Gasteiger charge is 2.26. The van der Waals surface area contributed by atoms with Crippen LogP contribution in [0.5, 0.6) is 0 Å². The van der Waals surface area contributed by atoms with Gasteiger partial charge in [-0.2, -0.15) is 5.10 Å². The lowest BCUT2D eigenvalue weighted by Crippen LogP contribution is -2.39. The molecule has 1 aliphatic heterocycles. The molecule has 2 aromatic rings. The molecule has 110 valence electrons. The number of hydrogen-bond acceptors (Lipinski definition) is 3. The van der Waals surface area contributed by atoms with Gasteiger partial charge in [-0.15, -0.1) is 0 Å². The molecule has 1 fully saturated rings. The summed E-state index contributed by atoms with van der Waals surface area (Å²) in [6, 6.07) is 10.5. The zero-order valence-electron chi connectivity index (χ0n) is 12.6. The lowest BCUT2D eigenvalue weighted by atomic mass is 10.0. The highest BCUT2D eigenvalue weighted by molar-refractivity contribution is 5.85. The van der Waals surface area contributed by atoms with Crippen LogP contribution in [0.2, 0.25) is 0 Å². The van der Waals surface area contributed by atoms with Crippen molar-refractivity contribution < 1.29 is 4.79 Å². The van der Waals surface area contributed by atoms with Gasteiger partial charge in [0.15, 0.2) is 6.29 Å². The van der Waals surface area contributed by atoms with Crippen LogP contribution in [0.3, 0.4) is 0 Å². The van der Waals surface area contributed by atoms with E-state index in [4.69, 9.17) is 0 Å². The second-order valence-electron chi connectivity index (χ2n) is 5.73. The first-order valence-electron chi connectivity index (χ1n) is 7.59. The van der Waals surface area contributed by atoms with E-state index in [1.807, 2.05) is 41.9 Å². The molecule has 1 aromatic heterocycles. The Balaban J connectivity index is 2.15. The van der Waals surface area contributed by atoms with E-state index in [-0.39, 0.29) is 0 Å². The molecule has 0 N–H and O–H groups in total. The van der Waals surface area contributed by atoms with Crippen LogP contribution >= 0.6 is 0 Å². The Labute approximate surface area is 125 Å². The summed E-state index contributed by atoms with van der Waals surface area (Å²) in [7, 11) is 0. The number of piperidine rings is 1. The van der Waals surface area contributed by atoms with Gasteiger partial charge in [-0.1, -0.05) is 18.2 Å². The number of aryl methyl sites for hydroxylation is 1. The van der Waals surface area contributed by atoms with Gasteiger partial charge in [0.1, 0.15) is 5.82 Å². The van der Waals surface area contributed by atoms with Gasteiger partial charge in [0.2, 0.25) is 0 Å². The van der Waals surface area contributed by atoms with Crippen molar-refractivity contribution in [3.8, 4) is 5.69 Å². The van der Waals surface area contributed by atoms with Gasteiger partial charge in [-0.3, -0.25) is 4.79 Å². The second-order valence-corrected chi connectivity index (χ2v) is 5.73. The lowest BCUT2D eigenvalue weighted by molar-refractivity contribution is 0.112. The fraction of sp³-hybridized carbons (Fsp3) is 0.412. The van der Waals surface area contributed by atoms with Crippen LogP contribution in [-0.2, 0) is 0 Å². The van der Waals surface area contributed by atoms with Crippen LogP contribution in [0.1, 0.15) is 42.2 Å². The highest BCUT2D eigenvalue weighted by Crippen LogP contribution is 2.31. The number of carbonyl (C=O) groups excluding carboxylic acids is 1. The molecular formula is C17H21N3O. The standard InChI is InChI=1S/C17H21N3O/c1-13-8-6-7-11-19(13)17-16(12-21)14(2)18-20(17)15-9-4-3-5-10-15/h3-5,9-10,12-13H,6-8,11H2,1-2H3. The Morgan fingerprint density at radius 2 is 2.00 bits per heavy atom. The van der Waals surface area contributed by atoms with E-state index in [2.05, 4.69) is 16.9 Å². The summed E-state index contributed by atoms with van der Waals surface area (Å²) in [4.78, 5) is 13.9. The lowest BCUT2D eigenvalue weighted by Gasteiger charge is -2.35. The second kappa shape index (κ2) is 5.72. The molecule has 3 rings (SSSR count). The van der Waals surface area contributed by atoms with Crippen LogP contribution in [0.25, 0.3) is 5.69 Å². The van der Waals surface area contributed by atoms with Crippen molar-refractivity contribution >= 4 is 12.1 Å². The molecule has 0 bridgehead atoms. The molecule has 1 aliphatic rings. The third-order valence-electron chi connectivity index (χ3n) is 4.27. The van der Waals surface area contributed by atoms with Crippen LogP contribution in [0.15, 0.2) is 30.3 Å². The van der Waals surface area contributed by atoms with Gasteiger partial charge in [-0.25, -0.2) is 4.68 Å². The molecule has 0 saturated carbocycles. The third kappa shape index (κ3) is 2.46. The van der Waals surface area contributed by atoms with Crippen molar-refractivity contribution in [2.24, 2.45) is 0 Å². The van der Waals surface area contributed by atoms with E-state index in [0.29, 0.717) is 11.6 Å². The summed E-state index contributed by atoms with van der Waals surface area (Å²) in [6.45, 7) is 5.12. The fourth-order valence-electron chi connectivity index (χ4n) is 3.10. The first-order chi connectivity index (χ1) is 10.2. The molecular weight excluding hydrogens is 262 g/mol. The first kappa shape index (κ1) is 13.9. The van der Waals surface area contributed by atoms with E-state index >= 15 is 0 Å². The summed E-state index contributed by atoms with van der Waals surface area (Å²) in [5.74, 6) is 0.945. The number of benzene rings is 1. The number of hydrogen-bond donors (Lipinski definition) is 0. The molecule has 4 nitrogen and oxygen atoms in total. The molecule has 4 heteroatoms. The van der Waals surface area contributed by atoms with Crippen LogP contribution < -0.4 is 4.90 Å². The Hall–Kier alpha value is -2.10. The Bertz CT molecular complexity index is 633. The largest absolute Gasteiger partial charge is 0.353 e. The maximum absolute atomic E-state index is 11.6. The molecule has 21 heavy (non-hydrogen) atoms. The minimum atomic E-state index is 0.441. The average Bonchev–Trinajstić information content (AvgIpc) is 2.85. The number of carbonyl (C=O) groups is 1. The minimum Gasteiger partial charge on any atom is -0.353 e. The van der Waals surface area contributed by atoms with Crippen LogP contribution in [0, 0.1) is 6.92 Å². The zero-order valence-corrected chi connectivity index (χ0v) is 12.6. The van der Waals surface area contributed by atoms with E-state index in [1.165, 1.54) is 12.8 Å². The summed E-state index contributed by atoms with van der Waals surface area (Å²) in [5.41, 5.74) is 2.51. The number of rotatable bonds is 3. The van der Waals surface area contributed by atoms with E-state index < -0.39 is 0 Å². The van der Waals surface area contributed by atoms with Crippen molar-refractivity contribution in [2.75, 3.05) is 11.4 Å². The minimum absolute atomic E-state index is 0.441. The molecule has 0 aliphatic carbocycles. The summed E-state index contributed by atoms with van der Waals surface area (Å²) < 4.78 is 1.92. The van der Waals surface area contributed by atoms with Crippen molar-refractivity contribution in [1.82, 2.24) is 9.78 Å². The van der Waals surface area contributed by atoms with Gasteiger partial charge in [0.05, 0.1) is 16.9 Å². The van der Waals surface area contributed by atoms with Crippen molar-refractivity contribution in [1.29, 1.82) is 0 Å². The third-order valence-corrected chi connectivity index (χ3v) is 4.27. The van der Waals surface area contributed by atoms with Gasteiger partial charge >= 0.3 is 0 Å². The van der Waals surface area contributed by atoms with Crippen molar-refractivity contribution in [3.63, 3.8) is 0 Å². The van der Waals surface area contributed by atoms with E-state index in [0.717, 1.165) is 36.5 Å². The summed E-state index contributed by atoms with van der Waals surface area (Å²) >= 11 is 0. The number of aromatic nitrogens is 2. The molecule has 2 heterocycles. The molecule has 1 saturated heterocycles. The normalized spacial score (nSPS) is 18.8. The van der Waals surface area contributed by atoms with Gasteiger partial charge in [0.25, 0.3) is 0 Å². The molecule has 1 atom stereocenters. The molecule has 0 radical (unpaired) electrons. The predicted molar refractivity (Wildman–Crippen MR) is 84.3 cm³/mol. The fourth-order valence-corrected chi connectivity index (χ4v) is 3.10. The number of aldehydes is 1. The molecule has 0 spiro atoms. The van der Waals surface area contributed by atoms with E-state index in [1.54, 1.807) is 0 Å². The first-order valence-corrected chi connectivity index (χ1v) is 7.59. The molecule has 0 amide bonds. The highest BCUT2D eigenvalue weighted by atomic mass is 16.1. The van der Waals surface area contributed by atoms with Gasteiger partial charge in [0, 0.05) is 12.6 Å². The van der Waals surface area contributed by atoms with E-state index in [9.17, 15) is 4.79 Å². The van der Waals surface area contributed by atoms with Crippen LogP contribution in [0.4, 0.5) is 5.82 Å². The number of para-hydroxylation sites is 1. The number of anilines is 1. The average molecular weight is 283 g/mol. The molecule has 1 aromatic carbocycles. The van der Waals surface area contributed by atoms with Gasteiger partial charge in [-0.05, 0) is 45.2 Å². The van der Waals surface area contributed by atoms with Gasteiger partial charge < -0.3 is 4.90 Å². The Morgan fingerprint density at radius 1 is 1.24 bits per heavy atom. The maximum Gasteiger partial charge on any atom is 0.155 e. The quantitative estimate of drug-likeness (QED) is 0.811. The summed E-state index contributed by atoms with van der Waals surface area (Å²) in [6.07, 6.45) is 4.53. The molecule has 1 unspecified atom stereocenters. The Morgan fingerprint density at radius 3 is 2.67 bits per heavy atom. The van der Waals surface area contributed by atoms with Crippen molar-refractivity contribution in [3.05, 3.63) is 41.6 Å². The summed E-state index contributed by atoms with van der Waals surface area (Å²) in [5, 5.41) is 4.61. The van der Waals surface area contributed by atoms with Crippen molar-refractivity contribution in [2.45, 2.75) is 39.2 Å². The number of nitrogens with zero attached hydrogens (tertiary/aromatic N) is 3.